The molecule has 2 rings (SSSR count). The maximum absolute atomic E-state index is 11.7. The summed E-state index contributed by atoms with van der Waals surface area (Å²) in [5.74, 6) is 0.0162. The van der Waals surface area contributed by atoms with E-state index in [2.05, 4.69) is 0 Å². The van der Waals surface area contributed by atoms with Gasteiger partial charge in [-0.25, -0.2) is 4.79 Å². The molecule has 7 heteroatoms. The van der Waals surface area contributed by atoms with Crippen molar-refractivity contribution in [1.29, 1.82) is 0 Å². The van der Waals surface area contributed by atoms with Crippen molar-refractivity contribution in [2.24, 2.45) is 0 Å². The Labute approximate surface area is 140 Å². The van der Waals surface area contributed by atoms with Gasteiger partial charge in [0, 0.05) is 18.6 Å². The fraction of sp³-hybridized carbons (Fsp3) is 0.333. The van der Waals surface area contributed by atoms with Gasteiger partial charge in [0.15, 0.2) is 5.58 Å². The highest BCUT2D eigenvalue weighted by molar-refractivity contribution is 14.1. The lowest BCUT2D eigenvalue weighted by Gasteiger charge is -2.11. The molecule has 0 aliphatic rings. The summed E-state index contributed by atoms with van der Waals surface area (Å²) < 4.78 is 15.8. The number of phenols is 1. The van der Waals surface area contributed by atoms with Gasteiger partial charge in [-0.2, -0.15) is 0 Å². The quantitative estimate of drug-likeness (QED) is 0.457. The number of rotatable bonds is 5. The Kier molecular flexibility index (Phi) is 5.28. The summed E-state index contributed by atoms with van der Waals surface area (Å²) in [4.78, 5) is 23.2. The monoisotopic (exact) mass is 418 g/mol. The highest BCUT2D eigenvalue weighted by Gasteiger charge is 2.18. The molecule has 0 saturated heterocycles. The number of benzene rings is 1. The van der Waals surface area contributed by atoms with E-state index in [4.69, 9.17) is 13.9 Å². The van der Waals surface area contributed by atoms with Crippen LogP contribution in [-0.4, -0.2) is 24.8 Å². The van der Waals surface area contributed by atoms with E-state index >= 15 is 0 Å². The predicted molar refractivity (Wildman–Crippen MR) is 88.4 cm³/mol. The molecule has 1 N–H and O–H groups in total. The lowest BCUT2D eigenvalue weighted by atomic mass is 10.0. The summed E-state index contributed by atoms with van der Waals surface area (Å²) in [6, 6.07) is 2.79. The summed E-state index contributed by atoms with van der Waals surface area (Å²) in [7, 11) is 1.46. The van der Waals surface area contributed by atoms with E-state index in [0.29, 0.717) is 33.3 Å². The molecule has 1 aromatic heterocycles. The average Bonchev–Trinajstić information content (AvgIpc) is 2.48. The predicted octanol–water partition coefficient (Wildman–Crippen LogP) is 2.61. The number of methoxy groups -OCH3 is 1. The molecule has 0 amide bonds. The number of halogens is 1. The van der Waals surface area contributed by atoms with Gasteiger partial charge in [0.1, 0.15) is 11.5 Å². The van der Waals surface area contributed by atoms with Crippen molar-refractivity contribution in [2.75, 3.05) is 13.7 Å². The smallest absolute Gasteiger partial charge is 0.336 e. The molecule has 0 spiro atoms. The molecule has 0 unspecified atom stereocenters. The molecule has 118 valence electrons. The van der Waals surface area contributed by atoms with Gasteiger partial charge in [0.25, 0.3) is 0 Å². The summed E-state index contributed by atoms with van der Waals surface area (Å²) in [6.45, 7) is 2.05. The highest BCUT2D eigenvalue weighted by Crippen LogP contribution is 2.37. The Morgan fingerprint density at radius 3 is 2.77 bits per heavy atom. The van der Waals surface area contributed by atoms with E-state index < -0.39 is 5.63 Å². The summed E-state index contributed by atoms with van der Waals surface area (Å²) in [6.07, 6.45) is 0.463. The molecule has 0 radical (unpaired) electrons. The van der Waals surface area contributed by atoms with Crippen LogP contribution in [0.4, 0.5) is 0 Å². The van der Waals surface area contributed by atoms with Crippen LogP contribution in [0.1, 0.15) is 18.9 Å². The van der Waals surface area contributed by atoms with Crippen LogP contribution in [0, 0.1) is 3.57 Å². The second kappa shape index (κ2) is 6.99. The zero-order valence-corrected chi connectivity index (χ0v) is 14.3. The molecule has 0 aliphatic carbocycles. The molecule has 0 fully saturated rings. The minimum atomic E-state index is -0.545. The van der Waals surface area contributed by atoms with Crippen molar-refractivity contribution in [2.45, 2.75) is 19.8 Å². The summed E-state index contributed by atoms with van der Waals surface area (Å²) in [5.41, 5.74) is 0.329. The van der Waals surface area contributed by atoms with Crippen molar-refractivity contribution in [1.82, 2.24) is 0 Å². The molecule has 6 nitrogen and oxygen atoms in total. The molecule has 1 aromatic carbocycles. The minimum Gasteiger partial charge on any atom is -0.507 e. The van der Waals surface area contributed by atoms with Crippen molar-refractivity contribution in [3.63, 3.8) is 0 Å². The van der Waals surface area contributed by atoms with Crippen molar-refractivity contribution in [3.05, 3.63) is 31.7 Å². The van der Waals surface area contributed by atoms with E-state index in [0.717, 1.165) is 0 Å². The number of hydrogen-bond donors (Lipinski definition) is 1. The lowest BCUT2D eigenvalue weighted by molar-refractivity contribution is -0.143. The third kappa shape index (κ3) is 3.34. The van der Waals surface area contributed by atoms with Crippen molar-refractivity contribution < 1.29 is 23.8 Å². The van der Waals surface area contributed by atoms with Crippen molar-refractivity contribution in [3.8, 4) is 11.5 Å². The van der Waals surface area contributed by atoms with Crippen LogP contribution < -0.4 is 10.4 Å². The van der Waals surface area contributed by atoms with E-state index in [1.54, 1.807) is 6.92 Å². The van der Waals surface area contributed by atoms with Gasteiger partial charge in [0.2, 0.25) is 0 Å². The second-order valence-electron chi connectivity index (χ2n) is 4.51. The number of hydrogen-bond acceptors (Lipinski definition) is 6. The molecule has 0 aliphatic heterocycles. The van der Waals surface area contributed by atoms with Crippen LogP contribution in [0.2, 0.25) is 0 Å². The maximum atomic E-state index is 11.7. The first kappa shape index (κ1) is 16.6. The summed E-state index contributed by atoms with van der Waals surface area (Å²) in [5, 5.41) is 10.5. The van der Waals surface area contributed by atoms with Gasteiger partial charge in [0.05, 0.1) is 22.7 Å². The van der Waals surface area contributed by atoms with Gasteiger partial charge in [-0.15, -0.1) is 0 Å². The SMILES string of the molecule is CCOC(=O)CCc1cc(=O)oc2c(I)c(O)cc(OC)c12. The molecule has 2 aromatic rings. The number of esters is 1. The largest absolute Gasteiger partial charge is 0.507 e. The number of aryl methyl sites for hydroxylation is 1. The Hall–Kier alpha value is -1.77. The third-order valence-corrected chi connectivity index (χ3v) is 4.15. The number of aromatic hydroxyl groups is 1. The number of phenolic OH excluding ortho intramolecular Hbond substituents is 1. The van der Waals surface area contributed by atoms with Gasteiger partial charge >= 0.3 is 11.6 Å². The maximum Gasteiger partial charge on any atom is 0.336 e. The number of carbonyl (C=O) groups is 1. The van der Waals surface area contributed by atoms with Crippen LogP contribution in [0.25, 0.3) is 11.0 Å². The third-order valence-electron chi connectivity index (χ3n) is 3.11. The Bertz CT molecular complexity index is 765. The van der Waals surface area contributed by atoms with E-state index in [1.165, 1.54) is 19.2 Å². The average molecular weight is 418 g/mol. The van der Waals surface area contributed by atoms with Gasteiger partial charge in [-0.1, -0.05) is 0 Å². The Balaban J connectivity index is 2.56. The zero-order chi connectivity index (χ0) is 16.3. The second-order valence-corrected chi connectivity index (χ2v) is 5.59. The van der Waals surface area contributed by atoms with Gasteiger partial charge in [-0.3, -0.25) is 4.79 Å². The molecule has 22 heavy (non-hydrogen) atoms. The van der Waals surface area contributed by atoms with Crippen molar-refractivity contribution >= 4 is 39.5 Å². The number of ether oxygens (including phenoxy) is 2. The zero-order valence-electron chi connectivity index (χ0n) is 12.1. The standard InChI is InChI=1S/C15H15IO6/c1-3-21-11(18)5-4-8-6-12(19)22-15-13(8)10(20-2)7-9(17)14(15)16/h6-7,17H,3-5H2,1-2H3. The molecule has 0 saturated carbocycles. The molecule has 1 heterocycles. The fourth-order valence-corrected chi connectivity index (χ4v) is 2.71. The molecular weight excluding hydrogens is 403 g/mol. The first-order valence-corrected chi connectivity index (χ1v) is 7.73. The van der Waals surface area contributed by atoms with E-state index in [1.807, 2.05) is 22.6 Å². The molecule has 0 bridgehead atoms. The van der Waals surface area contributed by atoms with E-state index in [9.17, 15) is 14.7 Å². The van der Waals surface area contributed by atoms with Crippen LogP contribution in [0.3, 0.4) is 0 Å². The van der Waals surface area contributed by atoms with E-state index in [-0.39, 0.29) is 23.7 Å². The highest BCUT2D eigenvalue weighted by atomic mass is 127. The molecular formula is C15H15IO6. The normalized spacial score (nSPS) is 10.7. The van der Waals surface area contributed by atoms with Gasteiger partial charge in [-0.05, 0) is 41.5 Å². The van der Waals surface area contributed by atoms with Crippen LogP contribution in [0.15, 0.2) is 21.3 Å². The first-order valence-electron chi connectivity index (χ1n) is 6.65. The molecule has 0 atom stereocenters. The van der Waals surface area contributed by atoms with Crippen LogP contribution >= 0.6 is 22.6 Å². The van der Waals surface area contributed by atoms with Crippen LogP contribution in [0.5, 0.6) is 11.5 Å². The Morgan fingerprint density at radius 1 is 1.41 bits per heavy atom. The minimum absolute atomic E-state index is 0.0318. The number of carbonyl (C=O) groups excluding carboxylic acids is 1. The summed E-state index contributed by atoms with van der Waals surface area (Å²) >= 11 is 1.89. The Morgan fingerprint density at radius 2 is 2.14 bits per heavy atom. The topological polar surface area (TPSA) is 86.0 Å². The lowest BCUT2D eigenvalue weighted by Crippen LogP contribution is -2.08. The first-order chi connectivity index (χ1) is 10.5. The number of fused-ring (bicyclic) bond motifs is 1. The fourth-order valence-electron chi connectivity index (χ4n) is 2.17. The van der Waals surface area contributed by atoms with Gasteiger partial charge < -0.3 is 19.0 Å². The van der Waals surface area contributed by atoms with Crippen LogP contribution in [-0.2, 0) is 16.0 Å².